The average Bonchev–Trinajstić information content (AvgIpc) is 2.83. The summed E-state index contributed by atoms with van der Waals surface area (Å²) in [6, 6.07) is 0. The Balaban J connectivity index is -0.000000244. The highest BCUT2D eigenvalue weighted by atomic mass is 14.0. The molecule has 0 saturated heterocycles. The Morgan fingerprint density at radius 2 is 1.03 bits per heavy atom. The van der Waals surface area contributed by atoms with Crippen LogP contribution in [0.1, 0.15) is 110 Å². The molecule has 0 bridgehead atoms. The summed E-state index contributed by atoms with van der Waals surface area (Å²) in [7, 11) is 0. The van der Waals surface area contributed by atoms with E-state index in [1.165, 1.54) is 16.7 Å². The Morgan fingerprint density at radius 3 is 1.37 bits per heavy atom. The molecule has 0 aromatic rings. The van der Waals surface area contributed by atoms with E-state index in [1.807, 2.05) is 19.9 Å². The highest BCUT2D eigenvalue weighted by Gasteiger charge is 1.99. The topological polar surface area (TPSA) is 0 Å². The van der Waals surface area contributed by atoms with Gasteiger partial charge in [0.25, 0.3) is 0 Å². The minimum absolute atomic E-state index is 0.620. The Hall–Kier alpha value is -2.21. The number of hydrogen-bond acceptors (Lipinski definition) is 0. The molecule has 0 N–H and O–H groups in total. The molecule has 218 valence electrons. The van der Waals surface area contributed by atoms with E-state index in [2.05, 4.69) is 164 Å². The first-order valence-corrected chi connectivity index (χ1v) is 14.9. The Kier molecular flexibility index (Phi) is 35.0. The Morgan fingerprint density at radius 1 is 0.632 bits per heavy atom. The van der Waals surface area contributed by atoms with Crippen molar-refractivity contribution in [1.82, 2.24) is 0 Å². The molecule has 0 radical (unpaired) electrons. The lowest BCUT2D eigenvalue weighted by atomic mass is 10.1. The molecule has 0 nitrogen and oxygen atoms in total. The molecule has 0 heterocycles. The van der Waals surface area contributed by atoms with Crippen molar-refractivity contribution in [1.29, 1.82) is 0 Å². The third-order valence-electron chi connectivity index (χ3n) is 4.45. The van der Waals surface area contributed by atoms with Gasteiger partial charge in [-0.05, 0) is 51.4 Å². The molecule has 0 aromatic carbocycles. The molecule has 0 aliphatic carbocycles. The molecule has 0 fully saturated rings. The molecule has 0 spiro atoms. The van der Waals surface area contributed by atoms with Crippen LogP contribution in [0.3, 0.4) is 0 Å². The highest BCUT2D eigenvalue weighted by Crippen LogP contribution is 2.07. The van der Waals surface area contributed by atoms with E-state index in [-0.39, 0.29) is 0 Å². The van der Waals surface area contributed by atoms with Crippen molar-refractivity contribution in [3.05, 3.63) is 103 Å². The van der Waals surface area contributed by atoms with Crippen molar-refractivity contribution < 1.29 is 0 Å². The first-order chi connectivity index (χ1) is 17.7. The van der Waals surface area contributed by atoms with E-state index < -0.39 is 0 Å². The van der Waals surface area contributed by atoms with Crippen LogP contribution in [0.15, 0.2) is 96.2 Å². The SMILES string of the molecule is C=C/C=C(C)/C=C/C(C)C.CC.CC(=C[CH+]C(C)C)C/C=C/C=C(C)/C=C/C(C)C.CC(C)/C=C/C(C)C. The van der Waals surface area contributed by atoms with Gasteiger partial charge in [-0.1, -0.05) is 154 Å². The normalized spacial score (nSPS) is 13.0. The zero-order valence-corrected chi connectivity index (χ0v) is 28.3. The van der Waals surface area contributed by atoms with Crippen LogP contribution in [0.2, 0.25) is 0 Å². The van der Waals surface area contributed by atoms with Gasteiger partial charge in [0.1, 0.15) is 0 Å². The molecular weight excluding hydrogens is 456 g/mol. The molecule has 38 heavy (non-hydrogen) atoms. The summed E-state index contributed by atoms with van der Waals surface area (Å²) in [6.07, 6.45) is 29.0. The summed E-state index contributed by atoms with van der Waals surface area (Å²) in [4.78, 5) is 0. The molecule has 0 aliphatic heterocycles. The van der Waals surface area contributed by atoms with Crippen LogP contribution >= 0.6 is 0 Å². The van der Waals surface area contributed by atoms with Crippen molar-refractivity contribution in [2.24, 2.45) is 29.6 Å². The van der Waals surface area contributed by atoms with Gasteiger partial charge < -0.3 is 0 Å². The fourth-order valence-corrected chi connectivity index (χ4v) is 2.33. The van der Waals surface area contributed by atoms with Gasteiger partial charge in [-0.25, -0.2) is 0 Å². The summed E-state index contributed by atoms with van der Waals surface area (Å²) in [5, 5.41) is 0. The van der Waals surface area contributed by atoms with Crippen LogP contribution in [0, 0.1) is 36.0 Å². The molecule has 0 saturated carbocycles. The van der Waals surface area contributed by atoms with Crippen LogP contribution < -0.4 is 0 Å². The van der Waals surface area contributed by atoms with Crippen molar-refractivity contribution in [3.8, 4) is 0 Å². The third kappa shape index (κ3) is 47.0. The predicted molar refractivity (Wildman–Crippen MR) is 182 cm³/mol. The number of rotatable bonds is 12. The lowest BCUT2D eigenvalue weighted by Gasteiger charge is -1.95. The molecule has 0 aliphatic rings. The van der Waals surface area contributed by atoms with Gasteiger partial charge in [0, 0.05) is 19.3 Å². The van der Waals surface area contributed by atoms with Crippen molar-refractivity contribution in [2.45, 2.75) is 110 Å². The van der Waals surface area contributed by atoms with Crippen LogP contribution in [-0.4, -0.2) is 0 Å². The van der Waals surface area contributed by atoms with Crippen molar-refractivity contribution >= 4 is 0 Å². The largest absolute Gasteiger partial charge is 0.0991 e. The molecule has 0 atom stereocenters. The number of allylic oxidation sites excluding steroid dienone is 15. The molecule has 0 heteroatoms. The Bertz CT molecular complexity index is 712. The van der Waals surface area contributed by atoms with Crippen LogP contribution in [0.5, 0.6) is 0 Å². The second-order valence-electron chi connectivity index (χ2n) is 11.2. The maximum absolute atomic E-state index is 3.62. The quantitative estimate of drug-likeness (QED) is 0.135. The van der Waals surface area contributed by atoms with Gasteiger partial charge in [-0.15, -0.1) is 0 Å². The maximum Gasteiger partial charge on any atom is 0.0924 e. The maximum atomic E-state index is 3.62. The molecule has 0 rings (SSSR count). The second-order valence-corrected chi connectivity index (χ2v) is 11.2. The van der Waals surface area contributed by atoms with Crippen LogP contribution in [0.25, 0.3) is 0 Å². The minimum Gasteiger partial charge on any atom is -0.0991 e. The van der Waals surface area contributed by atoms with Crippen molar-refractivity contribution in [2.75, 3.05) is 0 Å². The van der Waals surface area contributed by atoms with Crippen LogP contribution in [0.4, 0.5) is 0 Å². The molecular formula is C38H67+. The fraction of sp³-hybridized carbons (Fsp3) is 0.553. The Labute approximate surface area is 242 Å². The minimum atomic E-state index is 0.620. The van der Waals surface area contributed by atoms with Crippen LogP contribution in [-0.2, 0) is 0 Å². The van der Waals surface area contributed by atoms with E-state index >= 15 is 0 Å². The van der Waals surface area contributed by atoms with Gasteiger partial charge in [0.15, 0.2) is 0 Å². The third-order valence-corrected chi connectivity index (χ3v) is 4.45. The summed E-state index contributed by atoms with van der Waals surface area (Å²) in [6.45, 7) is 35.9. The zero-order valence-electron chi connectivity index (χ0n) is 28.3. The predicted octanol–water partition coefficient (Wildman–Crippen LogP) is 13.1. The van der Waals surface area contributed by atoms with E-state index in [9.17, 15) is 0 Å². The van der Waals surface area contributed by atoms with Crippen molar-refractivity contribution in [3.63, 3.8) is 0 Å². The van der Waals surface area contributed by atoms with Gasteiger partial charge in [-0.3, -0.25) is 0 Å². The van der Waals surface area contributed by atoms with E-state index in [4.69, 9.17) is 0 Å². The van der Waals surface area contributed by atoms with E-state index in [1.54, 1.807) is 6.08 Å². The standard InChI is InChI=1S/C18H29.C10H16.C8H16.C2H6/c1-15(2)11-13-17(5)9-7-8-10-18(6)14-12-16(3)4;1-5-6-10(4)8-7-9(2)3;1-7(2)5-6-8(3)4;1-2/h7-9,11-16H,10H2,1-6H3;5-9H,1H2,2-4H3;5-8H,1-4H3;1-2H3/q+1;;;/b8-7+,13-11+,17-9+,18-14?;8-7+,10-6+;6-5+;. The summed E-state index contributed by atoms with van der Waals surface area (Å²) in [5.41, 5.74) is 3.96. The average molecular weight is 524 g/mol. The van der Waals surface area contributed by atoms with Gasteiger partial charge in [-0.2, -0.15) is 0 Å². The highest BCUT2D eigenvalue weighted by molar-refractivity contribution is 5.23. The monoisotopic (exact) mass is 524 g/mol. The van der Waals surface area contributed by atoms with Gasteiger partial charge in [0.2, 0.25) is 0 Å². The zero-order chi connectivity index (χ0) is 30.5. The number of hydrogen-bond donors (Lipinski definition) is 0. The lowest BCUT2D eigenvalue weighted by molar-refractivity contribution is 0.780. The molecule has 0 amide bonds. The molecule has 0 aromatic heterocycles. The fourth-order valence-electron chi connectivity index (χ4n) is 2.33. The van der Waals surface area contributed by atoms with E-state index in [0.29, 0.717) is 29.6 Å². The molecule has 0 unspecified atom stereocenters. The first kappa shape index (κ1) is 42.9. The lowest BCUT2D eigenvalue weighted by Crippen LogP contribution is -1.85. The second kappa shape index (κ2) is 31.0. The summed E-state index contributed by atoms with van der Waals surface area (Å²) in [5.74, 6) is 3.30. The summed E-state index contributed by atoms with van der Waals surface area (Å²) < 4.78 is 0. The van der Waals surface area contributed by atoms with E-state index in [0.717, 1.165) is 6.42 Å². The summed E-state index contributed by atoms with van der Waals surface area (Å²) >= 11 is 0. The van der Waals surface area contributed by atoms with Gasteiger partial charge >= 0.3 is 0 Å². The van der Waals surface area contributed by atoms with Gasteiger partial charge in [0.05, 0.1) is 18.1 Å². The first-order valence-electron chi connectivity index (χ1n) is 14.9. The smallest absolute Gasteiger partial charge is 0.0924 e.